The molecule has 1 aliphatic rings. The molecule has 3 rings (SSSR count). The summed E-state index contributed by atoms with van der Waals surface area (Å²) in [6, 6.07) is 2.01. The minimum absolute atomic E-state index is 0. The number of thiophene rings is 1. The Hall–Kier alpha value is -0.470. The first kappa shape index (κ1) is 15.9. The third-order valence-corrected chi connectivity index (χ3v) is 4.73. The summed E-state index contributed by atoms with van der Waals surface area (Å²) in [6.07, 6.45) is 1.17. The van der Waals surface area contributed by atoms with Crippen LogP contribution in [0.2, 0.25) is 0 Å². The Labute approximate surface area is 136 Å². The van der Waals surface area contributed by atoms with Gasteiger partial charge in [0.1, 0.15) is 0 Å². The van der Waals surface area contributed by atoms with Gasteiger partial charge in [-0.1, -0.05) is 5.16 Å². The summed E-state index contributed by atoms with van der Waals surface area (Å²) in [7, 11) is 0. The zero-order chi connectivity index (χ0) is 13.1. The van der Waals surface area contributed by atoms with Crippen molar-refractivity contribution in [2.24, 2.45) is 0 Å². The van der Waals surface area contributed by atoms with Crippen molar-refractivity contribution in [2.45, 2.75) is 13.0 Å². The molecule has 2 aromatic rings. The lowest BCUT2D eigenvalue weighted by atomic mass is 10.4. The van der Waals surface area contributed by atoms with Crippen molar-refractivity contribution in [1.82, 2.24) is 20.4 Å². The molecular weight excluding hydrogens is 364 g/mol. The second-order valence-corrected chi connectivity index (χ2v) is 6.35. The monoisotopic (exact) mass is 378 g/mol. The van der Waals surface area contributed by atoms with E-state index in [1.165, 1.54) is 6.42 Å². The predicted octanol–water partition coefficient (Wildman–Crippen LogP) is 2.78. The molecule has 1 fully saturated rings. The molecule has 0 atom stereocenters. The Balaban J connectivity index is 0.00000147. The second-order valence-electron chi connectivity index (χ2n) is 4.52. The van der Waals surface area contributed by atoms with Crippen molar-refractivity contribution in [1.29, 1.82) is 0 Å². The highest BCUT2D eigenvalue weighted by atomic mass is 79.9. The van der Waals surface area contributed by atoms with Gasteiger partial charge in [0, 0.05) is 22.9 Å². The van der Waals surface area contributed by atoms with Gasteiger partial charge in [-0.2, -0.15) is 4.98 Å². The van der Waals surface area contributed by atoms with E-state index in [4.69, 9.17) is 4.52 Å². The minimum Gasteiger partial charge on any atom is -0.338 e. The van der Waals surface area contributed by atoms with Crippen LogP contribution in [-0.4, -0.2) is 41.2 Å². The van der Waals surface area contributed by atoms with E-state index in [-0.39, 0.29) is 12.4 Å². The highest BCUT2D eigenvalue weighted by Gasteiger charge is 2.15. The van der Waals surface area contributed by atoms with Crippen LogP contribution >= 0.6 is 39.7 Å². The van der Waals surface area contributed by atoms with Crippen molar-refractivity contribution in [2.75, 3.05) is 26.2 Å². The fraction of sp³-hybridized carbons (Fsp3) is 0.500. The number of nitrogens with one attached hydrogen (secondary N) is 1. The van der Waals surface area contributed by atoms with Crippen LogP contribution in [0.1, 0.15) is 12.3 Å². The third kappa shape index (κ3) is 4.02. The zero-order valence-electron chi connectivity index (χ0n) is 10.8. The molecule has 0 unspecified atom stereocenters. The smallest absolute Gasteiger partial charge is 0.241 e. The molecule has 3 heterocycles. The summed E-state index contributed by atoms with van der Waals surface area (Å²) in [5.74, 6) is 1.38. The van der Waals surface area contributed by atoms with E-state index < -0.39 is 0 Å². The maximum atomic E-state index is 5.34. The molecule has 0 aliphatic carbocycles. The van der Waals surface area contributed by atoms with E-state index >= 15 is 0 Å². The van der Waals surface area contributed by atoms with Crippen molar-refractivity contribution >= 4 is 39.7 Å². The molecule has 0 spiro atoms. The van der Waals surface area contributed by atoms with Crippen molar-refractivity contribution in [3.8, 4) is 10.7 Å². The van der Waals surface area contributed by atoms with E-state index in [9.17, 15) is 0 Å². The number of rotatable bonds is 3. The summed E-state index contributed by atoms with van der Waals surface area (Å²) in [5, 5.41) is 9.45. The van der Waals surface area contributed by atoms with Crippen LogP contribution in [0.5, 0.6) is 0 Å². The number of hydrogen-bond donors (Lipinski definition) is 1. The fourth-order valence-electron chi connectivity index (χ4n) is 2.10. The molecular formula is C12H16BrClN4OS. The average Bonchev–Trinajstić information content (AvgIpc) is 2.94. The van der Waals surface area contributed by atoms with Crippen LogP contribution in [0.4, 0.5) is 0 Å². The molecule has 0 saturated carbocycles. The first-order valence-corrected chi connectivity index (χ1v) is 7.98. The van der Waals surface area contributed by atoms with Gasteiger partial charge >= 0.3 is 0 Å². The van der Waals surface area contributed by atoms with Crippen LogP contribution < -0.4 is 5.32 Å². The number of halogens is 2. The van der Waals surface area contributed by atoms with Crippen molar-refractivity contribution in [3.63, 3.8) is 0 Å². The SMILES string of the molecule is Brc1csc(-c2noc(CN3CCCNCC3)n2)c1.Cl. The lowest BCUT2D eigenvalue weighted by Crippen LogP contribution is -2.27. The van der Waals surface area contributed by atoms with Gasteiger partial charge in [0.05, 0.1) is 11.4 Å². The molecule has 5 nitrogen and oxygen atoms in total. The maximum Gasteiger partial charge on any atom is 0.241 e. The van der Waals surface area contributed by atoms with Crippen molar-refractivity contribution in [3.05, 3.63) is 21.8 Å². The van der Waals surface area contributed by atoms with Crippen LogP contribution in [-0.2, 0) is 6.54 Å². The van der Waals surface area contributed by atoms with Gasteiger partial charge < -0.3 is 9.84 Å². The quantitative estimate of drug-likeness (QED) is 0.889. The van der Waals surface area contributed by atoms with Gasteiger partial charge in [0.2, 0.25) is 11.7 Å². The van der Waals surface area contributed by atoms with Gasteiger partial charge in [-0.15, -0.1) is 23.7 Å². The summed E-state index contributed by atoms with van der Waals surface area (Å²) in [5.41, 5.74) is 0. The molecule has 1 N–H and O–H groups in total. The summed E-state index contributed by atoms with van der Waals surface area (Å²) in [4.78, 5) is 7.84. The molecule has 0 bridgehead atoms. The van der Waals surface area contributed by atoms with Crippen LogP contribution in [0, 0.1) is 0 Å². The largest absolute Gasteiger partial charge is 0.338 e. The Morgan fingerprint density at radius 3 is 3.10 bits per heavy atom. The highest BCUT2D eigenvalue weighted by molar-refractivity contribution is 9.10. The van der Waals surface area contributed by atoms with Gasteiger partial charge in [0.25, 0.3) is 0 Å². The lowest BCUT2D eigenvalue weighted by Gasteiger charge is -2.16. The van der Waals surface area contributed by atoms with Crippen LogP contribution in [0.3, 0.4) is 0 Å². The molecule has 8 heteroatoms. The number of hydrogen-bond acceptors (Lipinski definition) is 6. The van der Waals surface area contributed by atoms with E-state index in [1.54, 1.807) is 11.3 Å². The van der Waals surface area contributed by atoms with Crippen LogP contribution in [0.25, 0.3) is 10.7 Å². The van der Waals surface area contributed by atoms with Crippen molar-refractivity contribution < 1.29 is 4.52 Å². The maximum absolute atomic E-state index is 5.34. The molecule has 110 valence electrons. The minimum atomic E-state index is 0. The third-order valence-electron chi connectivity index (χ3n) is 3.05. The Kier molecular flexibility index (Phi) is 5.98. The van der Waals surface area contributed by atoms with E-state index in [0.29, 0.717) is 11.7 Å². The Morgan fingerprint density at radius 2 is 2.30 bits per heavy atom. The van der Waals surface area contributed by atoms with Gasteiger partial charge in [0.15, 0.2) is 0 Å². The molecule has 1 saturated heterocycles. The first-order valence-electron chi connectivity index (χ1n) is 6.31. The highest BCUT2D eigenvalue weighted by Crippen LogP contribution is 2.27. The second kappa shape index (κ2) is 7.51. The Morgan fingerprint density at radius 1 is 1.40 bits per heavy atom. The summed E-state index contributed by atoms with van der Waals surface area (Å²) < 4.78 is 6.39. The molecule has 1 aliphatic heterocycles. The van der Waals surface area contributed by atoms with E-state index in [1.807, 2.05) is 11.4 Å². The fourth-order valence-corrected chi connectivity index (χ4v) is 3.45. The molecule has 0 aromatic carbocycles. The number of aromatic nitrogens is 2. The summed E-state index contributed by atoms with van der Waals surface area (Å²) in [6.45, 7) is 4.96. The topological polar surface area (TPSA) is 54.2 Å². The molecule has 0 radical (unpaired) electrons. The van der Waals surface area contributed by atoms with Gasteiger partial charge in [-0.3, -0.25) is 4.90 Å². The average molecular weight is 380 g/mol. The van der Waals surface area contributed by atoms with Crippen LogP contribution in [0.15, 0.2) is 20.4 Å². The van der Waals surface area contributed by atoms with E-state index in [2.05, 4.69) is 36.3 Å². The van der Waals surface area contributed by atoms with E-state index in [0.717, 1.165) is 42.1 Å². The zero-order valence-corrected chi connectivity index (χ0v) is 14.1. The molecule has 2 aromatic heterocycles. The normalized spacial score (nSPS) is 16.6. The Bertz CT molecular complexity index is 539. The summed E-state index contributed by atoms with van der Waals surface area (Å²) >= 11 is 5.04. The lowest BCUT2D eigenvalue weighted by molar-refractivity contribution is 0.239. The van der Waals surface area contributed by atoms with Gasteiger partial charge in [-0.25, -0.2) is 0 Å². The number of nitrogens with zero attached hydrogens (tertiary/aromatic N) is 3. The first-order chi connectivity index (χ1) is 9.31. The molecule has 0 amide bonds. The predicted molar refractivity (Wildman–Crippen MR) is 85.3 cm³/mol. The standard InChI is InChI=1S/C12H15BrN4OS.ClH/c13-9-6-10(19-8-9)12-15-11(18-16-12)7-17-4-1-2-14-3-5-17;/h6,8,14H,1-5,7H2;1H. The molecule has 20 heavy (non-hydrogen) atoms. The van der Waals surface area contributed by atoms with Gasteiger partial charge in [-0.05, 0) is 41.5 Å².